The maximum atomic E-state index is 13.3. The Morgan fingerprint density at radius 2 is 1.85 bits per heavy atom. The number of amides is 1. The van der Waals surface area contributed by atoms with Crippen molar-refractivity contribution in [3.63, 3.8) is 0 Å². The molecule has 0 aliphatic heterocycles. The van der Waals surface area contributed by atoms with Crippen LogP contribution in [0.5, 0.6) is 5.75 Å². The Kier molecular flexibility index (Phi) is 4.50. The highest BCUT2D eigenvalue weighted by atomic mass is 19.1. The number of ether oxygens (including phenoxy) is 1. The monoisotopic (exact) mass is 271 g/mol. The average molecular weight is 271 g/mol. The van der Waals surface area contributed by atoms with Gasteiger partial charge < -0.3 is 10.1 Å². The lowest BCUT2D eigenvalue weighted by molar-refractivity contribution is -0.111. The Balaban J connectivity index is 2.00. The molecule has 2 rings (SSSR count). The third-order valence-corrected chi connectivity index (χ3v) is 2.67. The summed E-state index contributed by atoms with van der Waals surface area (Å²) in [5.41, 5.74) is 1.02. The van der Waals surface area contributed by atoms with Gasteiger partial charge in [-0.1, -0.05) is 24.3 Å². The van der Waals surface area contributed by atoms with Crippen LogP contribution in [0.2, 0.25) is 0 Å². The number of rotatable bonds is 4. The molecule has 0 unspecified atom stereocenters. The second-order valence-corrected chi connectivity index (χ2v) is 4.08. The minimum Gasteiger partial charge on any atom is -0.497 e. The van der Waals surface area contributed by atoms with Crippen LogP contribution < -0.4 is 10.1 Å². The second-order valence-electron chi connectivity index (χ2n) is 4.08. The van der Waals surface area contributed by atoms with Gasteiger partial charge in [-0.15, -0.1) is 0 Å². The highest BCUT2D eigenvalue weighted by Gasteiger charge is 2.02. The molecular weight excluding hydrogens is 257 g/mol. The number of methoxy groups -OCH3 is 1. The number of para-hydroxylation sites is 1. The fourth-order valence-electron chi connectivity index (χ4n) is 1.62. The van der Waals surface area contributed by atoms with E-state index < -0.39 is 5.82 Å². The van der Waals surface area contributed by atoms with Gasteiger partial charge in [0.05, 0.1) is 12.8 Å². The molecule has 0 bridgehead atoms. The van der Waals surface area contributed by atoms with Gasteiger partial charge in [0.2, 0.25) is 5.91 Å². The molecular formula is C16H14FNO2. The molecule has 0 saturated heterocycles. The normalized spacial score (nSPS) is 10.5. The first kappa shape index (κ1) is 13.8. The van der Waals surface area contributed by atoms with E-state index in [0.717, 1.165) is 11.3 Å². The van der Waals surface area contributed by atoms with Crippen molar-refractivity contribution in [3.8, 4) is 5.75 Å². The molecule has 1 N–H and O–H groups in total. The predicted octanol–water partition coefficient (Wildman–Crippen LogP) is 3.49. The summed E-state index contributed by atoms with van der Waals surface area (Å²) in [6, 6.07) is 13.3. The third kappa shape index (κ3) is 3.68. The first-order valence-corrected chi connectivity index (χ1v) is 6.06. The molecule has 102 valence electrons. The quantitative estimate of drug-likeness (QED) is 0.864. The molecule has 4 heteroatoms. The second kappa shape index (κ2) is 6.52. The number of hydrogen-bond donors (Lipinski definition) is 1. The molecule has 0 heterocycles. The van der Waals surface area contributed by atoms with Gasteiger partial charge in [-0.3, -0.25) is 4.79 Å². The fraction of sp³-hybridized carbons (Fsp3) is 0.0625. The Morgan fingerprint density at radius 1 is 1.15 bits per heavy atom. The highest BCUT2D eigenvalue weighted by molar-refractivity contribution is 6.01. The van der Waals surface area contributed by atoms with Crippen LogP contribution in [0.1, 0.15) is 5.56 Å². The molecule has 3 nitrogen and oxygen atoms in total. The lowest BCUT2D eigenvalue weighted by atomic mass is 10.2. The number of hydrogen-bond acceptors (Lipinski definition) is 2. The smallest absolute Gasteiger partial charge is 0.248 e. The van der Waals surface area contributed by atoms with Crippen molar-refractivity contribution in [2.24, 2.45) is 0 Å². The van der Waals surface area contributed by atoms with Crippen LogP contribution in [0.15, 0.2) is 54.6 Å². The molecule has 0 fully saturated rings. The van der Waals surface area contributed by atoms with Gasteiger partial charge in [0.15, 0.2) is 0 Å². The van der Waals surface area contributed by atoms with Crippen LogP contribution in [0.3, 0.4) is 0 Å². The van der Waals surface area contributed by atoms with Crippen LogP contribution in [-0.4, -0.2) is 13.0 Å². The Bertz CT molecular complexity index is 621. The number of carbonyl (C=O) groups excluding carboxylic acids is 1. The third-order valence-electron chi connectivity index (χ3n) is 2.67. The van der Waals surface area contributed by atoms with Gasteiger partial charge in [0, 0.05) is 6.08 Å². The summed E-state index contributed by atoms with van der Waals surface area (Å²) in [5.74, 6) is -0.0948. The number of nitrogens with one attached hydrogen (secondary N) is 1. The SMILES string of the molecule is COc1ccc(C=CC(=O)Nc2ccccc2F)cc1. The molecule has 0 radical (unpaired) electrons. The number of anilines is 1. The highest BCUT2D eigenvalue weighted by Crippen LogP contribution is 2.14. The number of benzene rings is 2. The van der Waals surface area contributed by atoms with E-state index in [1.54, 1.807) is 37.5 Å². The van der Waals surface area contributed by atoms with Crippen molar-refractivity contribution < 1.29 is 13.9 Å². The van der Waals surface area contributed by atoms with E-state index in [2.05, 4.69) is 5.32 Å². The molecule has 0 aromatic heterocycles. The maximum Gasteiger partial charge on any atom is 0.248 e. The minimum absolute atomic E-state index is 0.164. The number of carbonyl (C=O) groups is 1. The summed E-state index contributed by atoms with van der Waals surface area (Å²) in [6.07, 6.45) is 3.00. The molecule has 20 heavy (non-hydrogen) atoms. The molecule has 0 aliphatic rings. The van der Waals surface area contributed by atoms with Gasteiger partial charge in [-0.05, 0) is 35.9 Å². The van der Waals surface area contributed by atoms with E-state index in [1.807, 2.05) is 12.1 Å². The fourth-order valence-corrected chi connectivity index (χ4v) is 1.62. The molecule has 0 saturated carbocycles. The maximum absolute atomic E-state index is 13.3. The van der Waals surface area contributed by atoms with Crippen molar-refractivity contribution in [2.75, 3.05) is 12.4 Å². The number of halogens is 1. The summed E-state index contributed by atoms with van der Waals surface area (Å²) in [4.78, 5) is 11.7. The summed E-state index contributed by atoms with van der Waals surface area (Å²) >= 11 is 0. The molecule has 0 aliphatic carbocycles. The Morgan fingerprint density at radius 3 is 2.50 bits per heavy atom. The standard InChI is InChI=1S/C16H14FNO2/c1-20-13-9-6-12(7-10-13)8-11-16(19)18-15-5-3-2-4-14(15)17/h2-11H,1H3,(H,18,19). The van der Waals surface area contributed by atoms with Gasteiger partial charge in [-0.2, -0.15) is 0 Å². The van der Waals surface area contributed by atoms with Crippen LogP contribution in [0.25, 0.3) is 6.08 Å². The molecule has 0 atom stereocenters. The summed E-state index contributed by atoms with van der Waals surface area (Å²) < 4.78 is 18.4. The van der Waals surface area contributed by atoms with E-state index in [0.29, 0.717) is 0 Å². The summed E-state index contributed by atoms with van der Waals surface area (Å²) in [5, 5.41) is 2.48. The molecule has 2 aromatic rings. The molecule has 1 amide bonds. The van der Waals surface area contributed by atoms with Crippen LogP contribution >= 0.6 is 0 Å². The average Bonchev–Trinajstić information content (AvgIpc) is 2.48. The van der Waals surface area contributed by atoms with Gasteiger partial charge in [0.1, 0.15) is 11.6 Å². The van der Waals surface area contributed by atoms with E-state index in [-0.39, 0.29) is 11.6 Å². The molecule has 0 spiro atoms. The van der Waals surface area contributed by atoms with E-state index in [9.17, 15) is 9.18 Å². The first-order chi connectivity index (χ1) is 9.69. The summed E-state index contributed by atoms with van der Waals surface area (Å²) in [7, 11) is 1.59. The minimum atomic E-state index is -0.460. The van der Waals surface area contributed by atoms with E-state index >= 15 is 0 Å². The van der Waals surface area contributed by atoms with Crippen LogP contribution in [0.4, 0.5) is 10.1 Å². The van der Waals surface area contributed by atoms with Crippen LogP contribution in [-0.2, 0) is 4.79 Å². The van der Waals surface area contributed by atoms with Crippen molar-refractivity contribution in [1.29, 1.82) is 0 Å². The largest absolute Gasteiger partial charge is 0.497 e. The lowest BCUT2D eigenvalue weighted by Gasteiger charge is -2.03. The van der Waals surface area contributed by atoms with Crippen molar-refractivity contribution in [1.82, 2.24) is 0 Å². The van der Waals surface area contributed by atoms with Gasteiger partial charge >= 0.3 is 0 Å². The topological polar surface area (TPSA) is 38.3 Å². The zero-order chi connectivity index (χ0) is 14.4. The van der Waals surface area contributed by atoms with Gasteiger partial charge in [0.25, 0.3) is 0 Å². The van der Waals surface area contributed by atoms with E-state index in [1.165, 1.54) is 18.2 Å². The van der Waals surface area contributed by atoms with Crippen molar-refractivity contribution in [3.05, 3.63) is 66.0 Å². The summed E-state index contributed by atoms with van der Waals surface area (Å²) in [6.45, 7) is 0. The van der Waals surface area contributed by atoms with E-state index in [4.69, 9.17) is 4.74 Å². The predicted molar refractivity (Wildman–Crippen MR) is 77.1 cm³/mol. The molecule has 2 aromatic carbocycles. The lowest BCUT2D eigenvalue weighted by Crippen LogP contribution is -2.08. The Hall–Kier alpha value is -2.62. The van der Waals surface area contributed by atoms with Gasteiger partial charge in [-0.25, -0.2) is 4.39 Å². The Labute approximate surface area is 116 Å². The zero-order valence-electron chi connectivity index (χ0n) is 11.0. The zero-order valence-corrected chi connectivity index (χ0v) is 11.0. The van der Waals surface area contributed by atoms with Crippen molar-refractivity contribution in [2.45, 2.75) is 0 Å². The first-order valence-electron chi connectivity index (χ1n) is 6.06. The van der Waals surface area contributed by atoms with Crippen LogP contribution in [0, 0.1) is 5.82 Å². The van der Waals surface area contributed by atoms with Crippen molar-refractivity contribution >= 4 is 17.7 Å².